The Morgan fingerprint density at radius 3 is 2.56 bits per heavy atom. The standard InChI is InChI=1S/C17H18ClN3O3S/c1-21(9-14-7-8-15(18)25-14)10-17-19-16(20-24-17)11-23-13-5-3-12(22-2)4-6-13/h3-8H,9-11H2,1-2H3. The van der Waals surface area contributed by atoms with E-state index in [1.54, 1.807) is 18.4 Å². The zero-order chi connectivity index (χ0) is 17.6. The van der Waals surface area contributed by atoms with Crippen LogP contribution in [0.15, 0.2) is 40.9 Å². The van der Waals surface area contributed by atoms with Crippen molar-refractivity contribution in [2.24, 2.45) is 0 Å². The van der Waals surface area contributed by atoms with Crippen LogP contribution < -0.4 is 9.47 Å². The van der Waals surface area contributed by atoms with Crippen LogP contribution in [0.5, 0.6) is 11.5 Å². The van der Waals surface area contributed by atoms with Gasteiger partial charge in [0.15, 0.2) is 6.61 Å². The molecule has 0 atom stereocenters. The van der Waals surface area contributed by atoms with Crippen molar-refractivity contribution in [2.45, 2.75) is 19.7 Å². The minimum atomic E-state index is 0.250. The maximum atomic E-state index is 5.95. The molecule has 2 heterocycles. The smallest absolute Gasteiger partial charge is 0.240 e. The Bertz CT molecular complexity index is 804. The van der Waals surface area contributed by atoms with E-state index in [0.29, 0.717) is 18.3 Å². The highest BCUT2D eigenvalue weighted by atomic mass is 35.5. The molecular formula is C17H18ClN3O3S. The van der Waals surface area contributed by atoms with E-state index >= 15 is 0 Å². The molecule has 0 bridgehead atoms. The molecule has 3 aromatic rings. The fraction of sp³-hybridized carbons (Fsp3) is 0.294. The molecule has 0 unspecified atom stereocenters. The van der Waals surface area contributed by atoms with Crippen LogP contribution in [0.1, 0.15) is 16.6 Å². The first-order valence-corrected chi connectivity index (χ1v) is 8.83. The van der Waals surface area contributed by atoms with Crippen LogP contribution in [0.3, 0.4) is 0 Å². The highest BCUT2D eigenvalue weighted by Crippen LogP contribution is 2.23. The van der Waals surface area contributed by atoms with Gasteiger partial charge in [0.05, 0.1) is 18.0 Å². The molecule has 132 valence electrons. The molecule has 25 heavy (non-hydrogen) atoms. The number of methoxy groups -OCH3 is 1. The van der Waals surface area contributed by atoms with Gasteiger partial charge in [-0.3, -0.25) is 4.90 Å². The fourth-order valence-electron chi connectivity index (χ4n) is 2.22. The van der Waals surface area contributed by atoms with Gasteiger partial charge in [0.2, 0.25) is 11.7 Å². The molecule has 0 fully saturated rings. The van der Waals surface area contributed by atoms with Crippen molar-refractivity contribution in [3.8, 4) is 11.5 Å². The molecule has 3 rings (SSSR count). The molecule has 1 aromatic carbocycles. The summed E-state index contributed by atoms with van der Waals surface area (Å²) in [6.07, 6.45) is 0. The molecule has 0 radical (unpaired) electrons. The highest BCUT2D eigenvalue weighted by molar-refractivity contribution is 7.16. The highest BCUT2D eigenvalue weighted by Gasteiger charge is 2.11. The van der Waals surface area contributed by atoms with E-state index in [2.05, 4.69) is 15.0 Å². The number of aromatic nitrogens is 2. The molecule has 0 spiro atoms. The van der Waals surface area contributed by atoms with E-state index in [9.17, 15) is 0 Å². The second-order valence-electron chi connectivity index (χ2n) is 5.45. The van der Waals surface area contributed by atoms with Crippen LogP contribution >= 0.6 is 22.9 Å². The number of benzene rings is 1. The van der Waals surface area contributed by atoms with Crippen LogP contribution in [-0.4, -0.2) is 29.2 Å². The summed E-state index contributed by atoms with van der Waals surface area (Å²) in [4.78, 5) is 7.63. The molecule has 6 nitrogen and oxygen atoms in total. The van der Waals surface area contributed by atoms with Gasteiger partial charge >= 0.3 is 0 Å². The predicted molar refractivity (Wildman–Crippen MR) is 96.1 cm³/mol. The van der Waals surface area contributed by atoms with Gasteiger partial charge in [-0.25, -0.2) is 0 Å². The van der Waals surface area contributed by atoms with Gasteiger partial charge in [-0.2, -0.15) is 4.98 Å². The van der Waals surface area contributed by atoms with Crippen molar-refractivity contribution in [3.63, 3.8) is 0 Å². The lowest BCUT2D eigenvalue weighted by atomic mass is 10.3. The van der Waals surface area contributed by atoms with E-state index in [-0.39, 0.29) is 6.61 Å². The molecule has 0 aliphatic heterocycles. The Morgan fingerprint density at radius 1 is 1.12 bits per heavy atom. The quantitative estimate of drug-likeness (QED) is 0.589. The summed E-state index contributed by atoms with van der Waals surface area (Å²) in [7, 11) is 3.62. The van der Waals surface area contributed by atoms with Gasteiger partial charge in [0, 0.05) is 11.4 Å². The van der Waals surface area contributed by atoms with Gasteiger partial charge in [-0.15, -0.1) is 11.3 Å². The Hall–Kier alpha value is -2.09. The Labute approximate surface area is 154 Å². The second-order valence-corrected chi connectivity index (χ2v) is 7.25. The van der Waals surface area contributed by atoms with Crippen LogP contribution in [0.2, 0.25) is 4.34 Å². The average Bonchev–Trinajstić information content (AvgIpc) is 3.22. The molecule has 8 heteroatoms. The summed E-state index contributed by atoms with van der Waals surface area (Å²) in [6.45, 7) is 1.59. The van der Waals surface area contributed by atoms with Gasteiger partial charge in [-0.05, 0) is 43.4 Å². The summed E-state index contributed by atoms with van der Waals surface area (Å²) >= 11 is 7.52. The van der Waals surface area contributed by atoms with Crippen LogP contribution in [0.4, 0.5) is 0 Å². The Balaban J connectivity index is 1.49. The van der Waals surface area contributed by atoms with E-state index in [1.807, 2.05) is 43.4 Å². The lowest BCUT2D eigenvalue weighted by molar-refractivity contribution is 0.257. The van der Waals surface area contributed by atoms with Crippen LogP contribution in [0.25, 0.3) is 0 Å². The third-order valence-corrected chi connectivity index (χ3v) is 4.61. The minimum absolute atomic E-state index is 0.250. The van der Waals surface area contributed by atoms with Gasteiger partial charge in [0.1, 0.15) is 11.5 Å². The maximum Gasteiger partial charge on any atom is 0.240 e. The monoisotopic (exact) mass is 379 g/mol. The largest absolute Gasteiger partial charge is 0.497 e. The minimum Gasteiger partial charge on any atom is -0.497 e. The zero-order valence-corrected chi connectivity index (χ0v) is 15.5. The summed E-state index contributed by atoms with van der Waals surface area (Å²) in [5, 5.41) is 3.95. The molecule has 0 saturated carbocycles. The first kappa shape index (κ1) is 17.7. The number of thiophene rings is 1. The number of rotatable bonds is 8. The van der Waals surface area contributed by atoms with E-state index in [1.165, 1.54) is 4.88 Å². The molecule has 0 saturated heterocycles. The summed E-state index contributed by atoms with van der Waals surface area (Å²) < 4.78 is 16.8. The molecule has 0 N–H and O–H groups in total. The number of hydrogen-bond acceptors (Lipinski definition) is 7. The Morgan fingerprint density at radius 2 is 1.88 bits per heavy atom. The molecule has 0 amide bonds. The van der Waals surface area contributed by atoms with Crippen molar-refractivity contribution in [1.29, 1.82) is 0 Å². The number of nitrogens with zero attached hydrogens (tertiary/aromatic N) is 3. The van der Waals surface area contributed by atoms with E-state index in [0.717, 1.165) is 22.4 Å². The number of halogens is 1. The topological polar surface area (TPSA) is 60.6 Å². The van der Waals surface area contributed by atoms with Crippen molar-refractivity contribution >= 4 is 22.9 Å². The first-order valence-electron chi connectivity index (χ1n) is 7.63. The summed E-state index contributed by atoms with van der Waals surface area (Å²) in [5.41, 5.74) is 0. The van der Waals surface area contributed by atoms with E-state index in [4.69, 9.17) is 25.6 Å². The number of hydrogen-bond donors (Lipinski definition) is 0. The maximum absolute atomic E-state index is 5.95. The van der Waals surface area contributed by atoms with Gasteiger partial charge in [0.25, 0.3) is 0 Å². The molecule has 2 aromatic heterocycles. The lowest BCUT2D eigenvalue weighted by Gasteiger charge is -2.12. The molecule has 0 aliphatic carbocycles. The molecule has 0 aliphatic rings. The van der Waals surface area contributed by atoms with Gasteiger partial charge < -0.3 is 14.0 Å². The van der Waals surface area contributed by atoms with Crippen molar-refractivity contribution in [3.05, 3.63) is 57.3 Å². The summed E-state index contributed by atoms with van der Waals surface area (Å²) in [6, 6.07) is 11.3. The second kappa shape index (κ2) is 8.33. The molecular weight excluding hydrogens is 362 g/mol. The van der Waals surface area contributed by atoms with Crippen molar-refractivity contribution in [2.75, 3.05) is 14.2 Å². The Kier molecular flexibility index (Phi) is 5.91. The van der Waals surface area contributed by atoms with Crippen molar-refractivity contribution in [1.82, 2.24) is 15.0 Å². The lowest BCUT2D eigenvalue weighted by Crippen LogP contribution is -2.16. The van der Waals surface area contributed by atoms with Crippen LogP contribution in [0, 0.1) is 0 Å². The van der Waals surface area contributed by atoms with Crippen molar-refractivity contribution < 1.29 is 14.0 Å². The third kappa shape index (κ3) is 5.19. The number of ether oxygens (including phenoxy) is 2. The SMILES string of the molecule is COc1ccc(OCc2noc(CN(C)Cc3ccc(Cl)s3)n2)cc1. The zero-order valence-electron chi connectivity index (χ0n) is 13.9. The predicted octanol–water partition coefficient (Wildman–Crippen LogP) is 4.00. The summed E-state index contributed by atoms with van der Waals surface area (Å²) in [5.74, 6) is 2.57. The third-order valence-electron chi connectivity index (χ3n) is 3.40. The fourth-order valence-corrected chi connectivity index (χ4v) is 3.39. The first-order chi connectivity index (χ1) is 12.1. The van der Waals surface area contributed by atoms with Gasteiger partial charge in [-0.1, -0.05) is 16.8 Å². The van der Waals surface area contributed by atoms with E-state index < -0.39 is 0 Å². The average molecular weight is 380 g/mol. The normalized spacial score (nSPS) is 11.0. The van der Waals surface area contributed by atoms with Crippen LogP contribution in [-0.2, 0) is 19.7 Å².